The lowest BCUT2D eigenvalue weighted by molar-refractivity contribution is -0.115. The molecule has 0 saturated carbocycles. The average Bonchev–Trinajstić information content (AvgIpc) is 2.69. The minimum absolute atomic E-state index is 0.0946. The van der Waals surface area contributed by atoms with Crippen molar-refractivity contribution in [3.63, 3.8) is 0 Å². The Kier molecular flexibility index (Phi) is 9.18. The van der Waals surface area contributed by atoms with Crippen molar-refractivity contribution in [3.8, 4) is 5.75 Å². The molecule has 0 spiro atoms. The molecule has 6 nitrogen and oxygen atoms in total. The van der Waals surface area contributed by atoms with Crippen LogP contribution in [-0.4, -0.2) is 31.0 Å². The molecule has 2 aromatic rings. The highest BCUT2D eigenvalue weighted by atomic mass is 16.5. The van der Waals surface area contributed by atoms with E-state index in [4.69, 9.17) is 4.74 Å². The minimum Gasteiger partial charge on any atom is -0.491 e. The molecular formula is C23H31N3O3. The summed E-state index contributed by atoms with van der Waals surface area (Å²) in [5.74, 6) is 0.608. The van der Waals surface area contributed by atoms with Gasteiger partial charge in [-0.3, -0.25) is 9.59 Å². The van der Waals surface area contributed by atoms with Crippen LogP contribution in [0.15, 0.2) is 48.5 Å². The molecule has 6 heteroatoms. The van der Waals surface area contributed by atoms with Crippen molar-refractivity contribution in [3.05, 3.63) is 59.7 Å². The number of unbranched alkanes of at least 4 members (excludes halogenated alkanes) is 1. The molecule has 3 N–H and O–H groups in total. The van der Waals surface area contributed by atoms with Crippen LogP contribution in [0.5, 0.6) is 5.75 Å². The van der Waals surface area contributed by atoms with Crippen LogP contribution >= 0.6 is 0 Å². The van der Waals surface area contributed by atoms with E-state index in [9.17, 15) is 9.59 Å². The third kappa shape index (κ3) is 8.35. The third-order valence-electron chi connectivity index (χ3n) is 4.16. The van der Waals surface area contributed by atoms with Crippen LogP contribution in [0.1, 0.15) is 49.5 Å². The molecule has 0 unspecified atom stereocenters. The maximum Gasteiger partial charge on any atom is 0.251 e. The number of ether oxygens (including phenoxy) is 1. The van der Waals surface area contributed by atoms with E-state index in [1.54, 1.807) is 24.3 Å². The lowest BCUT2D eigenvalue weighted by Crippen LogP contribution is -2.27. The summed E-state index contributed by atoms with van der Waals surface area (Å²) in [6, 6.07) is 14.7. The zero-order valence-electron chi connectivity index (χ0n) is 17.5. The third-order valence-corrected chi connectivity index (χ3v) is 4.16. The van der Waals surface area contributed by atoms with E-state index in [1.807, 2.05) is 38.1 Å². The van der Waals surface area contributed by atoms with Gasteiger partial charge in [-0.15, -0.1) is 0 Å². The van der Waals surface area contributed by atoms with Crippen LogP contribution in [0.2, 0.25) is 0 Å². The molecule has 0 atom stereocenters. The van der Waals surface area contributed by atoms with Gasteiger partial charge in [0.2, 0.25) is 5.91 Å². The Bertz CT molecular complexity index is 771. The molecule has 2 aromatic carbocycles. The van der Waals surface area contributed by atoms with Gasteiger partial charge in [-0.05, 0) is 62.2 Å². The zero-order valence-corrected chi connectivity index (χ0v) is 17.5. The number of rotatable bonds is 11. The van der Waals surface area contributed by atoms with Crippen molar-refractivity contribution in [2.24, 2.45) is 0 Å². The van der Waals surface area contributed by atoms with Crippen LogP contribution in [-0.2, 0) is 11.3 Å². The second-order valence-corrected chi connectivity index (χ2v) is 7.15. The van der Waals surface area contributed by atoms with Crippen molar-refractivity contribution < 1.29 is 14.3 Å². The second-order valence-electron chi connectivity index (χ2n) is 7.15. The van der Waals surface area contributed by atoms with Crippen molar-refractivity contribution in [2.45, 2.75) is 46.3 Å². The fourth-order valence-electron chi connectivity index (χ4n) is 2.67. The number of hydrogen-bond donors (Lipinski definition) is 3. The molecule has 0 aromatic heterocycles. The van der Waals surface area contributed by atoms with E-state index in [1.165, 1.54) is 0 Å². The number of hydrogen-bond acceptors (Lipinski definition) is 4. The standard InChI is InChI=1S/C23H31N3O3/c1-4-5-14-25-23(28)19-8-10-20(11-9-19)26-22(27)16-24-15-18-6-12-21(13-7-18)29-17(2)3/h6-13,17,24H,4-5,14-16H2,1-3H3,(H,25,28)(H,26,27). The van der Waals surface area contributed by atoms with Gasteiger partial charge in [-0.1, -0.05) is 25.5 Å². The molecule has 0 heterocycles. The molecular weight excluding hydrogens is 366 g/mol. The van der Waals surface area contributed by atoms with E-state index in [0.717, 1.165) is 24.2 Å². The zero-order chi connectivity index (χ0) is 21.1. The molecule has 0 saturated heterocycles. The van der Waals surface area contributed by atoms with Gasteiger partial charge in [-0.25, -0.2) is 0 Å². The summed E-state index contributed by atoms with van der Waals surface area (Å²) in [7, 11) is 0. The average molecular weight is 398 g/mol. The first-order valence-electron chi connectivity index (χ1n) is 10.1. The Hall–Kier alpha value is -2.86. The molecule has 0 radical (unpaired) electrons. The summed E-state index contributed by atoms with van der Waals surface area (Å²) < 4.78 is 5.62. The predicted octanol–water partition coefficient (Wildman–Crippen LogP) is 3.73. The summed E-state index contributed by atoms with van der Waals surface area (Å²) in [5.41, 5.74) is 2.33. The molecule has 0 bridgehead atoms. The minimum atomic E-state index is -0.134. The number of anilines is 1. The first-order chi connectivity index (χ1) is 14.0. The van der Waals surface area contributed by atoms with Crippen LogP contribution in [0.25, 0.3) is 0 Å². The number of nitrogens with one attached hydrogen (secondary N) is 3. The van der Waals surface area contributed by atoms with E-state index >= 15 is 0 Å². The summed E-state index contributed by atoms with van der Waals surface area (Å²) in [6.07, 6.45) is 2.15. The van der Waals surface area contributed by atoms with Gasteiger partial charge < -0.3 is 20.7 Å². The Morgan fingerprint density at radius 2 is 1.69 bits per heavy atom. The fraction of sp³-hybridized carbons (Fsp3) is 0.391. The molecule has 0 aliphatic rings. The van der Waals surface area contributed by atoms with Crippen molar-refractivity contribution >= 4 is 17.5 Å². The van der Waals surface area contributed by atoms with E-state index in [2.05, 4.69) is 22.9 Å². The SMILES string of the molecule is CCCCNC(=O)c1ccc(NC(=O)CNCc2ccc(OC(C)C)cc2)cc1. The number of carbonyl (C=O) groups excluding carboxylic acids is 2. The van der Waals surface area contributed by atoms with E-state index < -0.39 is 0 Å². The molecule has 2 rings (SSSR count). The van der Waals surface area contributed by atoms with Crippen molar-refractivity contribution in [1.29, 1.82) is 0 Å². The largest absolute Gasteiger partial charge is 0.491 e. The molecule has 156 valence electrons. The first kappa shape index (κ1) is 22.4. The highest BCUT2D eigenvalue weighted by Gasteiger charge is 2.06. The van der Waals surface area contributed by atoms with Crippen molar-refractivity contribution in [1.82, 2.24) is 10.6 Å². The molecule has 0 aliphatic heterocycles. The molecule has 29 heavy (non-hydrogen) atoms. The predicted molar refractivity (Wildman–Crippen MR) is 116 cm³/mol. The van der Waals surface area contributed by atoms with Crippen LogP contribution in [0.4, 0.5) is 5.69 Å². The summed E-state index contributed by atoms with van der Waals surface area (Å²) in [6.45, 7) is 7.52. The van der Waals surface area contributed by atoms with E-state index in [-0.39, 0.29) is 24.5 Å². The van der Waals surface area contributed by atoms with Gasteiger partial charge in [0, 0.05) is 24.3 Å². The fourth-order valence-corrected chi connectivity index (χ4v) is 2.67. The van der Waals surface area contributed by atoms with Gasteiger partial charge in [-0.2, -0.15) is 0 Å². The monoisotopic (exact) mass is 397 g/mol. The summed E-state index contributed by atoms with van der Waals surface area (Å²) in [5, 5.41) is 8.82. The number of benzene rings is 2. The van der Waals surface area contributed by atoms with Crippen molar-refractivity contribution in [2.75, 3.05) is 18.4 Å². The summed E-state index contributed by atoms with van der Waals surface area (Å²) in [4.78, 5) is 24.1. The molecule has 0 aliphatic carbocycles. The van der Waals surface area contributed by atoms with Gasteiger partial charge in [0.05, 0.1) is 12.6 Å². The Morgan fingerprint density at radius 1 is 1.00 bits per heavy atom. The summed E-state index contributed by atoms with van der Waals surface area (Å²) >= 11 is 0. The Balaban J connectivity index is 1.72. The van der Waals surface area contributed by atoms with Crippen LogP contribution in [0, 0.1) is 0 Å². The highest BCUT2D eigenvalue weighted by molar-refractivity contribution is 5.96. The van der Waals surface area contributed by atoms with Gasteiger partial charge in [0.15, 0.2) is 0 Å². The smallest absolute Gasteiger partial charge is 0.251 e. The lowest BCUT2D eigenvalue weighted by atomic mass is 10.2. The Morgan fingerprint density at radius 3 is 2.31 bits per heavy atom. The van der Waals surface area contributed by atoms with Gasteiger partial charge >= 0.3 is 0 Å². The van der Waals surface area contributed by atoms with Crippen LogP contribution < -0.4 is 20.7 Å². The lowest BCUT2D eigenvalue weighted by Gasteiger charge is -2.11. The quantitative estimate of drug-likeness (QED) is 0.505. The topological polar surface area (TPSA) is 79.5 Å². The normalized spacial score (nSPS) is 10.6. The van der Waals surface area contributed by atoms with Crippen LogP contribution in [0.3, 0.4) is 0 Å². The number of carbonyl (C=O) groups is 2. The van der Waals surface area contributed by atoms with Gasteiger partial charge in [0.25, 0.3) is 5.91 Å². The first-order valence-corrected chi connectivity index (χ1v) is 10.1. The van der Waals surface area contributed by atoms with E-state index in [0.29, 0.717) is 24.3 Å². The molecule has 2 amide bonds. The van der Waals surface area contributed by atoms with Gasteiger partial charge in [0.1, 0.15) is 5.75 Å². The highest BCUT2D eigenvalue weighted by Crippen LogP contribution is 2.14. The second kappa shape index (κ2) is 11.9. The molecule has 0 fully saturated rings. The maximum absolute atomic E-state index is 12.1. The number of amides is 2. The maximum atomic E-state index is 12.1. The Labute approximate surface area is 173 Å².